The molecule has 0 aliphatic rings. The highest BCUT2D eigenvalue weighted by Gasteiger charge is 1.99. The number of carboxylic acid groups (broad SMARTS) is 1. The molecule has 2 aromatic rings. The van der Waals surface area contributed by atoms with Crippen LogP contribution in [0.5, 0.6) is 11.5 Å². The van der Waals surface area contributed by atoms with E-state index in [0.717, 1.165) is 11.3 Å². The fraction of sp³-hybridized carbons (Fsp3) is 0.278. The van der Waals surface area contributed by atoms with Crippen molar-refractivity contribution in [3.8, 4) is 11.5 Å². The fourth-order valence-corrected chi connectivity index (χ4v) is 1.59. The second-order valence-corrected chi connectivity index (χ2v) is 4.92. The number of aliphatic carboxylic acids is 1. The summed E-state index contributed by atoms with van der Waals surface area (Å²) in [5.74, 6) is 0.460. The van der Waals surface area contributed by atoms with Gasteiger partial charge in [-0.2, -0.15) is 0 Å². The standard InChI is InChI=1S/C10H14O2.C8H8O3/c1-8-5-3-4-6-10(8)12-7-9(2)11;9-8(10)6-11-7-4-2-1-3-5-7/h3-6,9,11H,7H2,1-2H3;1-5H,6H2,(H,9,10). The Morgan fingerprint density at radius 2 is 1.65 bits per heavy atom. The molecule has 0 radical (unpaired) electrons. The molecule has 124 valence electrons. The van der Waals surface area contributed by atoms with Gasteiger partial charge < -0.3 is 19.7 Å². The minimum absolute atomic E-state index is 0.288. The maximum Gasteiger partial charge on any atom is 0.341 e. The molecule has 5 nitrogen and oxygen atoms in total. The van der Waals surface area contributed by atoms with Gasteiger partial charge in [-0.25, -0.2) is 4.79 Å². The van der Waals surface area contributed by atoms with E-state index in [0.29, 0.717) is 12.4 Å². The van der Waals surface area contributed by atoms with Crippen molar-refractivity contribution in [1.29, 1.82) is 0 Å². The molecule has 23 heavy (non-hydrogen) atoms. The summed E-state index contributed by atoms with van der Waals surface area (Å²) in [5, 5.41) is 17.2. The van der Waals surface area contributed by atoms with Gasteiger partial charge in [0.15, 0.2) is 6.61 Å². The second kappa shape index (κ2) is 10.2. The average molecular weight is 318 g/mol. The Labute approximate surface area is 136 Å². The van der Waals surface area contributed by atoms with E-state index in [1.54, 1.807) is 31.2 Å². The van der Waals surface area contributed by atoms with Crippen LogP contribution in [0.4, 0.5) is 0 Å². The molecule has 0 spiro atoms. The molecular formula is C18H22O5. The third-order valence-corrected chi connectivity index (χ3v) is 2.68. The van der Waals surface area contributed by atoms with Crippen molar-refractivity contribution >= 4 is 5.97 Å². The lowest BCUT2D eigenvalue weighted by Crippen LogP contribution is -2.13. The first-order chi connectivity index (χ1) is 11.0. The zero-order valence-corrected chi connectivity index (χ0v) is 13.3. The van der Waals surface area contributed by atoms with Crippen LogP contribution >= 0.6 is 0 Å². The van der Waals surface area contributed by atoms with E-state index < -0.39 is 12.1 Å². The summed E-state index contributed by atoms with van der Waals surface area (Å²) in [5.41, 5.74) is 1.10. The normalized spacial score (nSPS) is 10.9. The first kappa shape index (κ1) is 18.5. The van der Waals surface area contributed by atoms with Crippen molar-refractivity contribution in [2.24, 2.45) is 0 Å². The van der Waals surface area contributed by atoms with Crippen LogP contribution in [-0.2, 0) is 4.79 Å². The number of para-hydroxylation sites is 2. The van der Waals surface area contributed by atoms with Gasteiger partial charge in [-0.05, 0) is 37.6 Å². The van der Waals surface area contributed by atoms with E-state index >= 15 is 0 Å². The smallest absolute Gasteiger partial charge is 0.341 e. The highest BCUT2D eigenvalue weighted by molar-refractivity contribution is 5.68. The van der Waals surface area contributed by atoms with E-state index in [2.05, 4.69) is 0 Å². The van der Waals surface area contributed by atoms with Gasteiger partial charge in [-0.3, -0.25) is 0 Å². The highest BCUT2D eigenvalue weighted by Crippen LogP contribution is 2.15. The van der Waals surface area contributed by atoms with E-state index in [1.807, 2.05) is 37.3 Å². The molecule has 2 N–H and O–H groups in total. The molecule has 2 rings (SSSR count). The molecule has 0 aliphatic heterocycles. The van der Waals surface area contributed by atoms with E-state index in [1.165, 1.54) is 0 Å². The van der Waals surface area contributed by atoms with Gasteiger partial charge in [0.2, 0.25) is 0 Å². The number of benzene rings is 2. The van der Waals surface area contributed by atoms with Crippen LogP contribution < -0.4 is 9.47 Å². The van der Waals surface area contributed by atoms with Crippen molar-refractivity contribution in [3.63, 3.8) is 0 Å². The molecule has 0 heterocycles. The lowest BCUT2D eigenvalue weighted by molar-refractivity contribution is -0.139. The van der Waals surface area contributed by atoms with Crippen molar-refractivity contribution in [2.75, 3.05) is 13.2 Å². The van der Waals surface area contributed by atoms with Crippen LogP contribution in [0.2, 0.25) is 0 Å². The van der Waals surface area contributed by atoms with Crippen molar-refractivity contribution in [1.82, 2.24) is 0 Å². The monoisotopic (exact) mass is 318 g/mol. The minimum Gasteiger partial charge on any atom is -0.491 e. The maximum atomic E-state index is 10.0. The van der Waals surface area contributed by atoms with Gasteiger partial charge in [-0.15, -0.1) is 0 Å². The topological polar surface area (TPSA) is 76.0 Å². The van der Waals surface area contributed by atoms with Crippen LogP contribution in [0.3, 0.4) is 0 Å². The Kier molecular flexibility index (Phi) is 8.24. The van der Waals surface area contributed by atoms with E-state index in [4.69, 9.17) is 19.7 Å². The lowest BCUT2D eigenvalue weighted by atomic mass is 10.2. The zero-order valence-electron chi connectivity index (χ0n) is 13.3. The lowest BCUT2D eigenvalue weighted by Gasteiger charge is -2.09. The number of carbonyl (C=O) groups is 1. The Hall–Kier alpha value is -2.53. The predicted octanol–water partition coefficient (Wildman–Crippen LogP) is 2.90. The molecule has 0 aliphatic carbocycles. The minimum atomic E-state index is -0.964. The van der Waals surface area contributed by atoms with Crippen LogP contribution in [0.1, 0.15) is 12.5 Å². The highest BCUT2D eigenvalue weighted by atomic mass is 16.5. The van der Waals surface area contributed by atoms with Crippen molar-refractivity contribution < 1.29 is 24.5 Å². The third kappa shape index (κ3) is 8.48. The number of aryl methyl sites for hydroxylation is 1. The summed E-state index contributed by atoms with van der Waals surface area (Å²) in [6, 6.07) is 16.6. The Bertz CT molecular complexity index is 581. The molecule has 0 bridgehead atoms. The maximum absolute atomic E-state index is 10.0. The molecule has 2 aromatic carbocycles. The third-order valence-electron chi connectivity index (χ3n) is 2.68. The Morgan fingerprint density at radius 3 is 2.22 bits per heavy atom. The number of aliphatic hydroxyl groups is 1. The molecule has 0 saturated heterocycles. The van der Waals surface area contributed by atoms with Crippen molar-refractivity contribution in [2.45, 2.75) is 20.0 Å². The first-order valence-corrected chi connectivity index (χ1v) is 7.25. The van der Waals surface area contributed by atoms with Gasteiger partial charge in [0, 0.05) is 0 Å². The van der Waals surface area contributed by atoms with Gasteiger partial charge >= 0.3 is 5.97 Å². The van der Waals surface area contributed by atoms with Crippen LogP contribution in [-0.4, -0.2) is 35.5 Å². The molecule has 1 unspecified atom stereocenters. The number of hydrogen-bond acceptors (Lipinski definition) is 4. The van der Waals surface area contributed by atoms with E-state index in [9.17, 15) is 4.79 Å². The van der Waals surface area contributed by atoms with Gasteiger partial charge in [0.1, 0.15) is 18.1 Å². The van der Waals surface area contributed by atoms with Gasteiger partial charge in [-0.1, -0.05) is 36.4 Å². The van der Waals surface area contributed by atoms with Crippen LogP contribution in [0.25, 0.3) is 0 Å². The fourth-order valence-electron chi connectivity index (χ4n) is 1.59. The Balaban J connectivity index is 0.000000231. The summed E-state index contributed by atoms with van der Waals surface area (Å²) < 4.78 is 10.2. The molecule has 0 fully saturated rings. The number of aliphatic hydroxyl groups excluding tert-OH is 1. The SMILES string of the molecule is Cc1ccccc1OCC(C)O.O=C(O)COc1ccccc1. The summed E-state index contributed by atoms with van der Waals surface area (Å²) in [6.45, 7) is 3.75. The second-order valence-electron chi connectivity index (χ2n) is 4.92. The molecule has 0 amide bonds. The Morgan fingerprint density at radius 1 is 1.04 bits per heavy atom. The largest absolute Gasteiger partial charge is 0.491 e. The zero-order chi connectivity index (χ0) is 17.1. The average Bonchev–Trinajstić information content (AvgIpc) is 2.54. The van der Waals surface area contributed by atoms with Gasteiger partial charge in [0.25, 0.3) is 0 Å². The molecule has 5 heteroatoms. The summed E-state index contributed by atoms with van der Waals surface area (Å²) in [6.07, 6.45) is -0.412. The quantitative estimate of drug-likeness (QED) is 0.856. The summed E-state index contributed by atoms with van der Waals surface area (Å²) in [7, 11) is 0. The van der Waals surface area contributed by atoms with Gasteiger partial charge in [0.05, 0.1) is 6.10 Å². The van der Waals surface area contributed by atoms with E-state index in [-0.39, 0.29) is 6.61 Å². The number of hydrogen-bond donors (Lipinski definition) is 2. The number of rotatable bonds is 6. The number of carboxylic acids is 1. The summed E-state index contributed by atoms with van der Waals surface area (Å²) >= 11 is 0. The van der Waals surface area contributed by atoms with Crippen LogP contribution in [0, 0.1) is 6.92 Å². The van der Waals surface area contributed by atoms with Crippen molar-refractivity contribution in [3.05, 3.63) is 60.2 Å². The molecule has 0 aromatic heterocycles. The molecular weight excluding hydrogens is 296 g/mol. The summed E-state index contributed by atoms with van der Waals surface area (Å²) in [4.78, 5) is 10.0. The number of ether oxygens (including phenoxy) is 2. The molecule has 1 atom stereocenters. The predicted molar refractivity (Wildman–Crippen MR) is 87.9 cm³/mol. The van der Waals surface area contributed by atoms with Crippen LogP contribution in [0.15, 0.2) is 54.6 Å². The molecule has 0 saturated carbocycles. The first-order valence-electron chi connectivity index (χ1n) is 7.25.